The Morgan fingerprint density at radius 2 is 1.41 bits per heavy atom. The minimum atomic E-state index is -5.02. The number of nitrogens with zero attached hydrogens (tertiary/aromatic N) is 2. The lowest BCUT2D eigenvalue weighted by Gasteiger charge is -2.37. The molecule has 0 aromatic heterocycles. The van der Waals surface area contributed by atoms with Gasteiger partial charge in [-0.05, 0) is 24.6 Å². The Bertz CT molecular complexity index is 857. The van der Waals surface area contributed by atoms with Gasteiger partial charge in [0, 0.05) is 37.8 Å². The lowest BCUT2D eigenvalue weighted by Crippen LogP contribution is -2.52. The summed E-state index contributed by atoms with van der Waals surface area (Å²) >= 11 is 0. The van der Waals surface area contributed by atoms with Crippen LogP contribution < -0.4 is 0 Å². The highest BCUT2D eigenvalue weighted by Crippen LogP contribution is 2.36. The third-order valence-electron chi connectivity index (χ3n) is 5.16. The third kappa shape index (κ3) is 5.03. The van der Waals surface area contributed by atoms with Gasteiger partial charge in [-0.1, -0.05) is 0 Å². The molecule has 5 nitrogen and oxygen atoms in total. The van der Waals surface area contributed by atoms with Crippen molar-refractivity contribution >= 4 is 15.7 Å². The number of carbonyl (C=O) groups excluding carboxylic acids is 1. The zero-order valence-corrected chi connectivity index (χ0v) is 15.9. The summed E-state index contributed by atoms with van der Waals surface area (Å²) in [7, 11) is -3.09. The first-order valence-corrected chi connectivity index (χ1v) is 10.6. The van der Waals surface area contributed by atoms with Crippen molar-refractivity contribution in [2.45, 2.75) is 24.8 Å². The maximum atomic E-state index is 13.0. The molecule has 2 fully saturated rings. The fourth-order valence-electron chi connectivity index (χ4n) is 3.61. The van der Waals surface area contributed by atoms with E-state index in [1.165, 1.54) is 4.90 Å². The maximum absolute atomic E-state index is 13.0. The molecule has 2 aliphatic heterocycles. The lowest BCUT2D eigenvalue weighted by atomic mass is 10.0. The second-order valence-corrected chi connectivity index (χ2v) is 9.41. The summed E-state index contributed by atoms with van der Waals surface area (Å²) in [5.74, 6) is -0.814. The molecule has 162 valence electrons. The first-order chi connectivity index (χ1) is 13.3. The molecule has 0 bridgehead atoms. The number of piperazine rings is 1. The van der Waals surface area contributed by atoms with Crippen LogP contribution in [0.3, 0.4) is 0 Å². The molecule has 2 aliphatic rings. The molecular formula is C17H18F6N2O3S. The van der Waals surface area contributed by atoms with Crippen LogP contribution in [0.1, 0.15) is 27.9 Å². The van der Waals surface area contributed by atoms with Crippen LogP contribution in [0.2, 0.25) is 0 Å². The monoisotopic (exact) mass is 444 g/mol. The van der Waals surface area contributed by atoms with E-state index in [2.05, 4.69) is 0 Å². The van der Waals surface area contributed by atoms with Crippen molar-refractivity contribution in [2.24, 2.45) is 0 Å². The molecule has 12 heteroatoms. The highest BCUT2D eigenvalue weighted by molar-refractivity contribution is 7.91. The summed E-state index contributed by atoms with van der Waals surface area (Å²) in [5.41, 5.74) is -3.75. The van der Waals surface area contributed by atoms with Gasteiger partial charge in [-0.3, -0.25) is 9.69 Å². The van der Waals surface area contributed by atoms with E-state index in [4.69, 9.17) is 0 Å². The molecular weight excluding hydrogens is 426 g/mol. The Balaban J connectivity index is 1.75. The van der Waals surface area contributed by atoms with Gasteiger partial charge in [-0.25, -0.2) is 8.42 Å². The van der Waals surface area contributed by atoms with E-state index in [0.717, 1.165) is 0 Å². The molecule has 1 atom stereocenters. The molecule has 1 unspecified atom stereocenters. The van der Waals surface area contributed by atoms with Crippen LogP contribution in [0.25, 0.3) is 0 Å². The number of carbonyl (C=O) groups is 1. The van der Waals surface area contributed by atoms with Gasteiger partial charge in [0.15, 0.2) is 9.84 Å². The Labute approximate surface area is 163 Å². The van der Waals surface area contributed by atoms with Crippen molar-refractivity contribution in [3.63, 3.8) is 0 Å². The van der Waals surface area contributed by atoms with Crippen molar-refractivity contribution in [1.29, 1.82) is 0 Å². The van der Waals surface area contributed by atoms with Gasteiger partial charge in [0.1, 0.15) is 0 Å². The molecule has 0 N–H and O–H groups in total. The average Bonchev–Trinajstić information content (AvgIpc) is 2.99. The summed E-state index contributed by atoms with van der Waals surface area (Å²) < 4.78 is 101. The highest BCUT2D eigenvalue weighted by atomic mass is 32.2. The van der Waals surface area contributed by atoms with E-state index >= 15 is 0 Å². The summed E-state index contributed by atoms with van der Waals surface area (Å²) in [4.78, 5) is 15.6. The van der Waals surface area contributed by atoms with E-state index in [-0.39, 0.29) is 36.7 Å². The number of halogens is 6. The van der Waals surface area contributed by atoms with Crippen LogP contribution >= 0.6 is 0 Å². The smallest absolute Gasteiger partial charge is 0.336 e. The minimum absolute atomic E-state index is 0.0174. The van der Waals surface area contributed by atoms with E-state index in [1.807, 2.05) is 4.90 Å². The second-order valence-electron chi connectivity index (χ2n) is 7.18. The number of hydrogen-bond acceptors (Lipinski definition) is 4. The summed E-state index contributed by atoms with van der Waals surface area (Å²) in [6, 6.07) is 0.651. The fourth-order valence-corrected chi connectivity index (χ4v) is 5.38. The van der Waals surface area contributed by atoms with Gasteiger partial charge in [0.2, 0.25) is 0 Å². The number of alkyl halides is 6. The van der Waals surface area contributed by atoms with Crippen molar-refractivity contribution in [3.05, 3.63) is 34.9 Å². The molecule has 3 rings (SSSR count). The van der Waals surface area contributed by atoms with E-state index in [0.29, 0.717) is 31.6 Å². The van der Waals surface area contributed by atoms with Gasteiger partial charge >= 0.3 is 12.4 Å². The molecule has 29 heavy (non-hydrogen) atoms. The standard InChI is InChI=1S/C17H18F6N2O3S/c18-16(19,20)12-7-11(8-13(9-12)17(21,22)23)15(26)25-4-2-24(3-5-25)14-1-6-29(27,28)10-14/h7-9,14H,1-6,10H2. The number of rotatable bonds is 2. The van der Waals surface area contributed by atoms with Crippen molar-refractivity contribution in [1.82, 2.24) is 9.80 Å². The van der Waals surface area contributed by atoms with Crippen LogP contribution in [0.4, 0.5) is 26.3 Å². The van der Waals surface area contributed by atoms with Gasteiger partial charge in [-0.15, -0.1) is 0 Å². The Kier molecular flexibility index (Phi) is 5.63. The maximum Gasteiger partial charge on any atom is 0.416 e. The molecule has 0 spiro atoms. The largest absolute Gasteiger partial charge is 0.416 e. The molecule has 0 saturated carbocycles. The molecule has 1 aromatic carbocycles. The third-order valence-corrected chi connectivity index (χ3v) is 6.91. The molecule has 1 amide bonds. The number of amides is 1. The predicted octanol–water partition coefficient (Wildman–Crippen LogP) is 2.67. The minimum Gasteiger partial charge on any atom is -0.336 e. The Hall–Kier alpha value is -1.82. The van der Waals surface area contributed by atoms with Crippen molar-refractivity contribution < 1.29 is 39.6 Å². The second kappa shape index (κ2) is 7.46. The highest BCUT2D eigenvalue weighted by Gasteiger charge is 2.39. The molecule has 2 saturated heterocycles. The van der Waals surface area contributed by atoms with E-state index < -0.39 is 44.8 Å². The van der Waals surface area contributed by atoms with E-state index in [1.54, 1.807) is 0 Å². The zero-order chi connectivity index (χ0) is 21.6. The molecule has 0 aliphatic carbocycles. The fraction of sp³-hybridized carbons (Fsp3) is 0.588. The number of hydrogen-bond donors (Lipinski definition) is 0. The lowest BCUT2D eigenvalue weighted by molar-refractivity contribution is -0.143. The van der Waals surface area contributed by atoms with Crippen LogP contribution in [0, 0.1) is 0 Å². The number of benzene rings is 1. The Morgan fingerprint density at radius 1 is 0.897 bits per heavy atom. The van der Waals surface area contributed by atoms with Gasteiger partial charge in [0.05, 0.1) is 22.6 Å². The summed E-state index contributed by atoms with van der Waals surface area (Å²) in [5, 5.41) is 0. The normalized spacial score (nSPS) is 23.4. The molecule has 1 aromatic rings. The Morgan fingerprint density at radius 3 is 1.83 bits per heavy atom. The zero-order valence-electron chi connectivity index (χ0n) is 15.1. The van der Waals surface area contributed by atoms with E-state index in [9.17, 15) is 39.6 Å². The quantitative estimate of drug-likeness (QED) is 0.659. The van der Waals surface area contributed by atoms with Gasteiger partial charge in [0.25, 0.3) is 5.91 Å². The molecule has 0 radical (unpaired) electrons. The number of sulfone groups is 1. The van der Waals surface area contributed by atoms with Gasteiger partial charge < -0.3 is 4.90 Å². The van der Waals surface area contributed by atoms with Crippen LogP contribution in [-0.4, -0.2) is 67.9 Å². The average molecular weight is 444 g/mol. The topological polar surface area (TPSA) is 57.7 Å². The van der Waals surface area contributed by atoms with Gasteiger partial charge in [-0.2, -0.15) is 26.3 Å². The summed E-state index contributed by atoms with van der Waals surface area (Å²) in [6.07, 6.45) is -9.58. The predicted molar refractivity (Wildman–Crippen MR) is 91.0 cm³/mol. The first kappa shape index (κ1) is 21.9. The first-order valence-electron chi connectivity index (χ1n) is 8.79. The van der Waals surface area contributed by atoms with Crippen LogP contribution in [0.15, 0.2) is 18.2 Å². The summed E-state index contributed by atoms with van der Waals surface area (Å²) in [6.45, 7) is 0.786. The van der Waals surface area contributed by atoms with Crippen molar-refractivity contribution in [2.75, 3.05) is 37.7 Å². The SMILES string of the molecule is O=C(c1cc(C(F)(F)F)cc(C(F)(F)F)c1)N1CCN(C2CCS(=O)(=O)C2)CC1. The van der Waals surface area contributed by atoms with Crippen LogP contribution in [0.5, 0.6) is 0 Å². The van der Waals surface area contributed by atoms with Crippen molar-refractivity contribution in [3.8, 4) is 0 Å². The van der Waals surface area contributed by atoms with Crippen LogP contribution in [-0.2, 0) is 22.2 Å². The molecule has 2 heterocycles.